The highest BCUT2D eigenvalue weighted by molar-refractivity contribution is 5.11. The summed E-state index contributed by atoms with van der Waals surface area (Å²) in [7, 11) is 0. The lowest BCUT2D eigenvalue weighted by Crippen LogP contribution is -2.33. The molecule has 2 nitrogen and oxygen atoms in total. The van der Waals surface area contributed by atoms with Crippen LogP contribution < -0.4 is 0 Å². The van der Waals surface area contributed by atoms with Crippen LogP contribution in [0.3, 0.4) is 0 Å². The number of hydrogen-bond donors (Lipinski definition) is 1. The molecule has 13 heavy (non-hydrogen) atoms. The van der Waals surface area contributed by atoms with Crippen LogP contribution in [0.25, 0.3) is 0 Å². The molecule has 1 unspecified atom stereocenters. The predicted molar refractivity (Wildman–Crippen MR) is 53.4 cm³/mol. The summed E-state index contributed by atoms with van der Waals surface area (Å²) in [4.78, 5) is 4.02. The van der Waals surface area contributed by atoms with Gasteiger partial charge in [0.1, 0.15) is 0 Å². The quantitative estimate of drug-likeness (QED) is 0.770. The Morgan fingerprint density at radius 2 is 2.23 bits per heavy atom. The summed E-state index contributed by atoms with van der Waals surface area (Å²) in [5.74, 6) is 0.257. The zero-order chi connectivity index (χ0) is 9.90. The van der Waals surface area contributed by atoms with Crippen molar-refractivity contribution in [3.8, 4) is 0 Å². The number of nitrogens with zero attached hydrogens (tertiary/aromatic N) is 1. The van der Waals surface area contributed by atoms with E-state index in [2.05, 4.69) is 4.98 Å². The summed E-state index contributed by atoms with van der Waals surface area (Å²) >= 11 is 0. The van der Waals surface area contributed by atoms with Crippen molar-refractivity contribution in [2.24, 2.45) is 5.92 Å². The third-order valence-corrected chi connectivity index (χ3v) is 2.53. The van der Waals surface area contributed by atoms with Gasteiger partial charge in [-0.3, -0.25) is 4.98 Å². The van der Waals surface area contributed by atoms with E-state index in [0.717, 1.165) is 5.56 Å². The van der Waals surface area contributed by atoms with Crippen molar-refractivity contribution < 1.29 is 5.11 Å². The molecule has 2 heteroatoms. The lowest BCUT2D eigenvalue weighted by molar-refractivity contribution is 0.0139. The van der Waals surface area contributed by atoms with Crippen molar-refractivity contribution in [3.05, 3.63) is 30.1 Å². The van der Waals surface area contributed by atoms with Crippen LogP contribution in [0.4, 0.5) is 0 Å². The Kier molecular flexibility index (Phi) is 3.04. The van der Waals surface area contributed by atoms with Gasteiger partial charge in [-0.25, -0.2) is 0 Å². The second kappa shape index (κ2) is 3.88. The molecule has 72 valence electrons. The molecule has 0 aliphatic heterocycles. The smallest absolute Gasteiger partial charge is 0.0683 e. The maximum absolute atomic E-state index is 10.0. The monoisotopic (exact) mass is 179 g/mol. The fraction of sp³-hybridized carbons (Fsp3) is 0.545. The summed E-state index contributed by atoms with van der Waals surface area (Å²) in [5, 5.41) is 10.0. The average Bonchev–Trinajstić information content (AvgIpc) is 2.05. The van der Waals surface area contributed by atoms with E-state index in [4.69, 9.17) is 0 Å². The molecule has 0 radical (unpaired) electrons. The Morgan fingerprint density at radius 3 is 2.69 bits per heavy atom. The topological polar surface area (TPSA) is 33.1 Å². The first kappa shape index (κ1) is 10.2. The minimum atomic E-state index is -0.636. The Labute approximate surface area is 79.6 Å². The zero-order valence-corrected chi connectivity index (χ0v) is 8.49. The summed E-state index contributed by atoms with van der Waals surface area (Å²) in [6.45, 7) is 5.91. The Morgan fingerprint density at radius 1 is 1.54 bits per heavy atom. The molecule has 0 bridgehead atoms. The minimum Gasteiger partial charge on any atom is -0.390 e. The Balaban J connectivity index is 2.69. The van der Waals surface area contributed by atoms with E-state index in [1.807, 2.05) is 32.9 Å². The molecule has 1 atom stereocenters. The molecule has 1 N–H and O–H groups in total. The summed E-state index contributed by atoms with van der Waals surface area (Å²) in [6.07, 6.45) is 4.21. The first-order chi connectivity index (χ1) is 6.02. The van der Waals surface area contributed by atoms with Gasteiger partial charge in [-0.1, -0.05) is 19.9 Å². The van der Waals surface area contributed by atoms with Gasteiger partial charge >= 0.3 is 0 Å². The third kappa shape index (κ3) is 2.81. The first-order valence-electron chi connectivity index (χ1n) is 4.63. The van der Waals surface area contributed by atoms with Crippen molar-refractivity contribution in [1.29, 1.82) is 0 Å². The van der Waals surface area contributed by atoms with Gasteiger partial charge in [-0.05, 0) is 24.5 Å². The van der Waals surface area contributed by atoms with Gasteiger partial charge in [0.25, 0.3) is 0 Å². The lowest BCUT2D eigenvalue weighted by atomic mass is 9.87. The van der Waals surface area contributed by atoms with E-state index in [1.54, 1.807) is 12.4 Å². The van der Waals surface area contributed by atoms with Crippen molar-refractivity contribution >= 4 is 0 Å². The average molecular weight is 179 g/mol. The molecular weight excluding hydrogens is 162 g/mol. The molecule has 0 spiro atoms. The lowest BCUT2D eigenvalue weighted by Gasteiger charge is -2.27. The van der Waals surface area contributed by atoms with E-state index in [9.17, 15) is 5.11 Å². The standard InChI is InChI=1S/C11H17NO/c1-9(2)11(3,13)7-10-5-4-6-12-8-10/h4-6,8-9,13H,7H2,1-3H3. The Hall–Kier alpha value is -0.890. The number of hydrogen-bond acceptors (Lipinski definition) is 2. The maximum Gasteiger partial charge on any atom is 0.0683 e. The normalized spacial score (nSPS) is 15.8. The number of pyridine rings is 1. The molecule has 0 aromatic carbocycles. The van der Waals surface area contributed by atoms with Crippen molar-refractivity contribution in [3.63, 3.8) is 0 Å². The van der Waals surface area contributed by atoms with Crippen LogP contribution in [0.1, 0.15) is 26.3 Å². The summed E-state index contributed by atoms with van der Waals surface area (Å²) < 4.78 is 0. The zero-order valence-electron chi connectivity index (χ0n) is 8.49. The van der Waals surface area contributed by atoms with Crippen molar-refractivity contribution in [2.45, 2.75) is 32.8 Å². The van der Waals surface area contributed by atoms with Gasteiger partial charge in [0, 0.05) is 18.8 Å². The fourth-order valence-electron chi connectivity index (χ4n) is 1.12. The molecule has 0 saturated carbocycles. The van der Waals surface area contributed by atoms with Gasteiger partial charge in [-0.2, -0.15) is 0 Å². The largest absolute Gasteiger partial charge is 0.390 e. The van der Waals surface area contributed by atoms with Crippen LogP contribution in [0.2, 0.25) is 0 Å². The molecule has 0 amide bonds. The first-order valence-corrected chi connectivity index (χ1v) is 4.63. The van der Waals surface area contributed by atoms with E-state index in [-0.39, 0.29) is 5.92 Å². The van der Waals surface area contributed by atoms with E-state index in [1.165, 1.54) is 0 Å². The fourth-order valence-corrected chi connectivity index (χ4v) is 1.12. The SMILES string of the molecule is CC(C)C(C)(O)Cc1cccnc1. The van der Waals surface area contributed by atoms with Gasteiger partial charge in [0.2, 0.25) is 0 Å². The Bertz CT molecular complexity index is 254. The minimum absolute atomic E-state index is 0.257. The maximum atomic E-state index is 10.0. The molecule has 0 aliphatic carbocycles. The van der Waals surface area contributed by atoms with Crippen LogP contribution >= 0.6 is 0 Å². The molecule has 0 saturated heterocycles. The van der Waals surface area contributed by atoms with Gasteiger partial charge in [0.15, 0.2) is 0 Å². The molecule has 1 aromatic rings. The third-order valence-electron chi connectivity index (χ3n) is 2.53. The molecular formula is C11H17NO. The second-order valence-electron chi connectivity index (χ2n) is 4.05. The number of rotatable bonds is 3. The molecule has 1 aromatic heterocycles. The highest BCUT2D eigenvalue weighted by Gasteiger charge is 2.24. The predicted octanol–water partition coefficient (Wildman–Crippen LogP) is 2.03. The van der Waals surface area contributed by atoms with E-state index < -0.39 is 5.60 Å². The van der Waals surface area contributed by atoms with Gasteiger partial charge in [-0.15, -0.1) is 0 Å². The van der Waals surface area contributed by atoms with Crippen molar-refractivity contribution in [1.82, 2.24) is 4.98 Å². The highest BCUT2D eigenvalue weighted by Crippen LogP contribution is 2.20. The number of aromatic nitrogens is 1. The molecule has 0 fully saturated rings. The van der Waals surface area contributed by atoms with Crippen molar-refractivity contribution in [2.75, 3.05) is 0 Å². The van der Waals surface area contributed by atoms with Crippen LogP contribution in [0, 0.1) is 5.92 Å². The van der Waals surface area contributed by atoms with E-state index in [0.29, 0.717) is 6.42 Å². The summed E-state index contributed by atoms with van der Waals surface area (Å²) in [6, 6.07) is 3.88. The van der Waals surface area contributed by atoms with Crippen LogP contribution in [0.5, 0.6) is 0 Å². The van der Waals surface area contributed by atoms with Gasteiger partial charge in [0.05, 0.1) is 5.60 Å². The number of aliphatic hydroxyl groups is 1. The van der Waals surface area contributed by atoms with Crippen LogP contribution in [-0.4, -0.2) is 15.7 Å². The van der Waals surface area contributed by atoms with Crippen LogP contribution in [-0.2, 0) is 6.42 Å². The summed E-state index contributed by atoms with van der Waals surface area (Å²) in [5.41, 5.74) is 0.449. The molecule has 0 aliphatic rings. The van der Waals surface area contributed by atoms with Gasteiger partial charge < -0.3 is 5.11 Å². The highest BCUT2D eigenvalue weighted by atomic mass is 16.3. The van der Waals surface area contributed by atoms with E-state index >= 15 is 0 Å². The molecule has 1 rings (SSSR count). The molecule has 1 heterocycles. The second-order valence-corrected chi connectivity index (χ2v) is 4.05. The van der Waals surface area contributed by atoms with Crippen LogP contribution in [0.15, 0.2) is 24.5 Å².